The average Bonchev–Trinajstić information content (AvgIpc) is 3.32. The van der Waals surface area contributed by atoms with Crippen molar-refractivity contribution < 1.29 is 23.1 Å². The number of halogens is 3. The van der Waals surface area contributed by atoms with Gasteiger partial charge in [0.05, 0.1) is 24.1 Å². The first-order valence-corrected chi connectivity index (χ1v) is 11.0. The molecule has 0 fully saturated rings. The van der Waals surface area contributed by atoms with E-state index in [1.807, 2.05) is 30.3 Å². The van der Waals surface area contributed by atoms with E-state index in [-0.39, 0.29) is 12.2 Å². The van der Waals surface area contributed by atoms with Crippen LogP contribution in [0.2, 0.25) is 0 Å². The molecule has 180 valence electrons. The highest BCUT2D eigenvalue weighted by atomic mass is 19.4. The van der Waals surface area contributed by atoms with Crippen LogP contribution in [0, 0.1) is 0 Å². The molecule has 3 aromatic carbocycles. The van der Waals surface area contributed by atoms with Gasteiger partial charge in [0.25, 0.3) is 5.91 Å². The fourth-order valence-corrected chi connectivity index (χ4v) is 4.02. The topological polar surface area (TPSA) is 79.5 Å². The van der Waals surface area contributed by atoms with Crippen molar-refractivity contribution in [1.82, 2.24) is 14.6 Å². The molecule has 5 rings (SSSR count). The maximum atomic E-state index is 13.0. The second kappa shape index (κ2) is 9.27. The molecular weight excluding hydrogens is 469 g/mol. The number of carbonyl (C=O) groups is 1. The van der Waals surface area contributed by atoms with Gasteiger partial charge in [-0.05, 0) is 47.5 Å². The summed E-state index contributed by atoms with van der Waals surface area (Å²) in [5.74, 6) is -0.653. The molecule has 0 aliphatic rings. The van der Waals surface area contributed by atoms with Crippen LogP contribution >= 0.6 is 0 Å². The molecule has 36 heavy (non-hydrogen) atoms. The molecule has 0 bridgehead atoms. The van der Waals surface area contributed by atoms with Gasteiger partial charge in [-0.25, -0.2) is 9.50 Å². The SMILES string of the molecule is O=C(Nc1cccc(-c2ccnc3c(-c4ccccc4CO)cnn23)c1)c1cccc(C(F)(F)F)c1. The van der Waals surface area contributed by atoms with Crippen molar-refractivity contribution in [2.75, 3.05) is 5.32 Å². The third-order valence-electron chi connectivity index (χ3n) is 5.75. The van der Waals surface area contributed by atoms with Crippen molar-refractivity contribution in [2.45, 2.75) is 12.8 Å². The van der Waals surface area contributed by atoms with Gasteiger partial charge in [-0.1, -0.05) is 42.5 Å². The number of amides is 1. The summed E-state index contributed by atoms with van der Waals surface area (Å²) in [7, 11) is 0. The van der Waals surface area contributed by atoms with E-state index in [4.69, 9.17) is 0 Å². The number of rotatable bonds is 5. The standard InChI is InChI=1S/C27H19F3N4O2/c28-27(29,30)20-8-3-7-18(13-20)26(36)33-21-9-4-6-17(14-21)24-11-12-31-25-23(15-32-34(24)25)22-10-2-1-5-19(22)16-35/h1-15,35H,16H2,(H,33,36). The molecule has 0 unspecified atom stereocenters. The molecule has 0 saturated carbocycles. The normalized spacial score (nSPS) is 11.6. The predicted octanol–water partition coefficient (Wildman–Crippen LogP) is 5.83. The Morgan fingerprint density at radius 3 is 2.56 bits per heavy atom. The zero-order valence-electron chi connectivity index (χ0n) is 18.7. The highest BCUT2D eigenvalue weighted by molar-refractivity contribution is 6.04. The zero-order chi connectivity index (χ0) is 25.3. The van der Waals surface area contributed by atoms with Crippen LogP contribution in [0.3, 0.4) is 0 Å². The van der Waals surface area contributed by atoms with E-state index >= 15 is 0 Å². The molecular formula is C27H19F3N4O2. The monoisotopic (exact) mass is 488 g/mol. The van der Waals surface area contributed by atoms with Crippen LogP contribution in [0.15, 0.2) is 91.3 Å². The first-order valence-electron chi connectivity index (χ1n) is 11.0. The minimum absolute atomic E-state index is 0.0965. The number of hydrogen-bond donors (Lipinski definition) is 2. The summed E-state index contributed by atoms with van der Waals surface area (Å²) >= 11 is 0. The summed E-state index contributed by atoms with van der Waals surface area (Å²) in [6.07, 6.45) is -1.21. The molecule has 2 N–H and O–H groups in total. The van der Waals surface area contributed by atoms with Crippen LogP contribution in [-0.2, 0) is 12.8 Å². The minimum Gasteiger partial charge on any atom is -0.392 e. The van der Waals surface area contributed by atoms with Gasteiger partial charge < -0.3 is 10.4 Å². The van der Waals surface area contributed by atoms with Crippen molar-refractivity contribution in [1.29, 1.82) is 0 Å². The fraction of sp³-hybridized carbons (Fsp3) is 0.0741. The summed E-state index contributed by atoms with van der Waals surface area (Å²) in [4.78, 5) is 17.1. The minimum atomic E-state index is -4.54. The quantitative estimate of drug-likeness (QED) is 0.326. The summed E-state index contributed by atoms with van der Waals surface area (Å²) in [5, 5.41) is 16.9. The van der Waals surface area contributed by atoms with Crippen LogP contribution in [-0.4, -0.2) is 25.6 Å². The van der Waals surface area contributed by atoms with Crippen LogP contribution in [0.5, 0.6) is 0 Å². The number of nitrogens with zero attached hydrogens (tertiary/aromatic N) is 3. The van der Waals surface area contributed by atoms with Crippen LogP contribution in [0.25, 0.3) is 28.0 Å². The number of carbonyl (C=O) groups excluding carboxylic acids is 1. The molecule has 6 nitrogen and oxygen atoms in total. The Hall–Kier alpha value is -4.50. The van der Waals surface area contributed by atoms with Crippen LogP contribution < -0.4 is 5.32 Å². The van der Waals surface area contributed by atoms with E-state index in [9.17, 15) is 23.1 Å². The molecule has 2 heterocycles. The maximum absolute atomic E-state index is 13.0. The number of benzene rings is 3. The molecule has 1 amide bonds. The predicted molar refractivity (Wildman–Crippen MR) is 129 cm³/mol. The Bertz CT molecular complexity index is 1580. The van der Waals surface area contributed by atoms with Crippen molar-refractivity contribution in [2.24, 2.45) is 0 Å². The second-order valence-corrected chi connectivity index (χ2v) is 8.05. The third kappa shape index (κ3) is 4.44. The Kier molecular flexibility index (Phi) is 5.99. The Morgan fingerprint density at radius 2 is 1.75 bits per heavy atom. The van der Waals surface area contributed by atoms with Crippen molar-refractivity contribution in [3.8, 4) is 22.4 Å². The highest BCUT2D eigenvalue weighted by Gasteiger charge is 2.30. The highest BCUT2D eigenvalue weighted by Crippen LogP contribution is 2.31. The number of alkyl halides is 3. The van der Waals surface area contributed by atoms with Gasteiger partial charge in [-0.2, -0.15) is 18.3 Å². The molecule has 0 atom stereocenters. The number of fused-ring (bicyclic) bond motifs is 1. The Balaban J connectivity index is 1.48. The lowest BCUT2D eigenvalue weighted by Crippen LogP contribution is -2.14. The molecule has 9 heteroatoms. The number of nitrogens with one attached hydrogen (secondary N) is 1. The molecule has 5 aromatic rings. The molecule has 0 saturated heterocycles. The van der Waals surface area contributed by atoms with Gasteiger partial charge >= 0.3 is 6.18 Å². The van der Waals surface area contributed by atoms with Gasteiger partial charge in [0.1, 0.15) is 0 Å². The van der Waals surface area contributed by atoms with Crippen LogP contribution in [0.4, 0.5) is 18.9 Å². The fourth-order valence-electron chi connectivity index (χ4n) is 4.02. The van der Waals surface area contributed by atoms with Gasteiger partial charge in [0.15, 0.2) is 5.65 Å². The van der Waals surface area contributed by atoms with Crippen molar-refractivity contribution in [3.05, 3.63) is 108 Å². The van der Waals surface area contributed by atoms with Gasteiger partial charge in [-0.15, -0.1) is 0 Å². The first-order chi connectivity index (χ1) is 17.3. The Labute approximate surface area is 203 Å². The van der Waals surface area contributed by atoms with E-state index in [1.54, 1.807) is 41.2 Å². The van der Waals surface area contributed by atoms with Crippen molar-refractivity contribution >= 4 is 17.2 Å². The molecule has 0 aliphatic carbocycles. The van der Waals surface area contributed by atoms with E-state index in [1.165, 1.54) is 12.1 Å². The molecule has 0 aliphatic heterocycles. The number of hydrogen-bond acceptors (Lipinski definition) is 4. The summed E-state index contributed by atoms with van der Waals surface area (Å²) in [6.45, 7) is -0.124. The smallest absolute Gasteiger partial charge is 0.392 e. The van der Waals surface area contributed by atoms with Gasteiger partial charge in [0, 0.05) is 28.6 Å². The largest absolute Gasteiger partial charge is 0.416 e. The van der Waals surface area contributed by atoms with E-state index < -0.39 is 17.6 Å². The molecule has 0 spiro atoms. The molecule has 0 radical (unpaired) electrons. The first kappa shape index (κ1) is 23.3. The summed E-state index contributed by atoms with van der Waals surface area (Å²) in [6, 6.07) is 20.4. The summed E-state index contributed by atoms with van der Waals surface area (Å²) < 4.78 is 40.7. The number of aromatic nitrogens is 3. The number of aliphatic hydroxyl groups excluding tert-OH is 1. The van der Waals surface area contributed by atoms with Gasteiger partial charge in [0.2, 0.25) is 0 Å². The second-order valence-electron chi connectivity index (χ2n) is 8.05. The lowest BCUT2D eigenvalue weighted by molar-refractivity contribution is -0.137. The average molecular weight is 488 g/mol. The third-order valence-corrected chi connectivity index (χ3v) is 5.75. The van der Waals surface area contributed by atoms with Crippen molar-refractivity contribution in [3.63, 3.8) is 0 Å². The van der Waals surface area contributed by atoms with E-state index in [0.29, 0.717) is 22.6 Å². The number of aliphatic hydroxyl groups is 1. The lowest BCUT2D eigenvalue weighted by atomic mass is 10.0. The van der Waals surface area contributed by atoms with E-state index in [2.05, 4.69) is 15.4 Å². The lowest BCUT2D eigenvalue weighted by Gasteiger charge is -2.11. The molecule has 2 aromatic heterocycles. The Morgan fingerprint density at radius 1 is 0.944 bits per heavy atom. The summed E-state index contributed by atoms with van der Waals surface area (Å²) in [5.41, 5.74) is 3.76. The van der Waals surface area contributed by atoms with Gasteiger partial charge in [-0.3, -0.25) is 4.79 Å². The maximum Gasteiger partial charge on any atom is 0.416 e. The zero-order valence-corrected chi connectivity index (χ0v) is 18.7. The number of anilines is 1. The van der Waals surface area contributed by atoms with Crippen LogP contribution in [0.1, 0.15) is 21.5 Å². The van der Waals surface area contributed by atoms with E-state index in [0.717, 1.165) is 28.8 Å².